The van der Waals surface area contributed by atoms with E-state index in [1.807, 2.05) is 18.2 Å². The second-order valence-electron chi connectivity index (χ2n) is 8.38. The number of carbonyl (C=O) groups is 2. The minimum Gasteiger partial charge on any atom is -0.326 e. The molecular weight excluding hydrogens is 564 g/mol. The van der Waals surface area contributed by atoms with Crippen LogP contribution in [0.4, 0.5) is 11.4 Å². The van der Waals surface area contributed by atoms with Crippen molar-refractivity contribution in [3.05, 3.63) is 99.1 Å². The highest BCUT2D eigenvalue weighted by Gasteiger charge is 2.67. The van der Waals surface area contributed by atoms with Gasteiger partial charge >= 0.3 is 0 Å². The van der Waals surface area contributed by atoms with Gasteiger partial charge in [0, 0.05) is 38.9 Å². The third-order valence-electron chi connectivity index (χ3n) is 5.92. The highest BCUT2D eigenvalue weighted by Crippen LogP contribution is 2.65. The highest BCUT2D eigenvalue weighted by atomic mass is 35.5. The molecule has 2 N–H and O–H groups in total. The fourth-order valence-electron chi connectivity index (χ4n) is 4.16. The van der Waals surface area contributed by atoms with Gasteiger partial charge in [-0.05, 0) is 60.2 Å². The number of aromatic nitrogens is 1. The van der Waals surface area contributed by atoms with Crippen molar-refractivity contribution in [2.45, 2.75) is 10.3 Å². The number of nitrogens with one attached hydrogen (secondary N) is 2. The Morgan fingerprint density at radius 2 is 1.53 bits per heavy atom. The summed E-state index contributed by atoms with van der Waals surface area (Å²) in [5, 5.41) is 7.61. The molecule has 5 nitrogen and oxygen atoms in total. The van der Waals surface area contributed by atoms with Crippen LogP contribution in [0.25, 0.3) is 10.9 Å². The lowest BCUT2D eigenvalue weighted by Crippen LogP contribution is -2.18. The zero-order valence-corrected chi connectivity index (χ0v) is 22.0. The van der Waals surface area contributed by atoms with Gasteiger partial charge in [-0.2, -0.15) is 0 Å². The van der Waals surface area contributed by atoms with E-state index in [9.17, 15) is 9.59 Å². The largest absolute Gasteiger partial charge is 0.326 e. The average Bonchev–Trinajstić information content (AvgIpc) is 3.41. The van der Waals surface area contributed by atoms with Crippen molar-refractivity contribution in [3.63, 3.8) is 0 Å². The topological polar surface area (TPSA) is 71.1 Å². The van der Waals surface area contributed by atoms with Crippen molar-refractivity contribution in [3.8, 4) is 0 Å². The standard InChI is InChI=1S/C26H16Cl5N3O2/c27-15-8-14(9-16(28)10-15)22-23(26(22,30)31)25(36)34-17-5-6-20(29)19(11-17)24(35)33-18-4-3-13-2-1-7-32-21(13)12-18/h1-12,22-23H,(H,33,35)(H,34,36)/t22-,23+/m0/s1. The van der Waals surface area contributed by atoms with Gasteiger partial charge in [-0.25, -0.2) is 0 Å². The second kappa shape index (κ2) is 9.73. The van der Waals surface area contributed by atoms with Crippen LogP contribution in [0.5, 0.6) is 0 Å². The number of halogens is 5. The summed E-state index contributed by atoms with van der Waals surface area (Å²) in [5.41, 5.74) is 2.53. The Labute approximate surface area is 231 Å². The van der Waals surface area contributed by atoms with Crippen LogP contribution in [-0.4, -0.2) is 21.1 Å². The van der Waals surface area contributed by atoms with Crippen LogP contribution >= 0.6 is 58.0 Å². The number of alkyl halides is 2. The molecule has 3 aromatic carbocycles. The van der Waals surface area contributed by atoms with E-state index >= 15 is 0 Å². The monoisotopic (exact) mass is 577 g/mol. The van der Waals surface area contributed by atoms with Crippen LogP contribution in [0.1, 0.15) is 21.8 Å². The van der Waals surface area contributed by atoms with Gasteiger partial charge in [-0.1, -0.05) is 46.9 Å². The lowest BCUT2D eigenvalue weighted by atomic mass is 10.1. The van der Waals surface area contributed by atoms with Crippen molar-refractivity contribution in [1.29, 1.82) is 0 Å². The molecule has 0 bridgehead atoms. The van der Waals surface area contributed by atoms with Gasteiger partial charge in [0.2, 0.25) is 5.91 Å². The summed E-state index contributed by atoms with van der Waals surface area (Å²) in [6.07, 6.45) is 1.68. The molecule has 0 spiro atoms. The predicted octanol–water partition coefficient (Wildman–Crippen LogP) is 7.97. The zero-order valence-electron chi connectivity index (χ0n) is 18.2. The fraction of sp³-hybridized carbons (Fsp3) is 0.115. The molecule has 1 saturated carbocycles. The summed E-state index contributed by atoms with van der Waals surface area (Å²) >= 11 is 31.4. The van der Waals surface area contributed by atoms with Gasteiger partial charge in [-0.3, -0.25) is 14.6 Å². The first-order valence-electron chi connectivity index (χ1n) is 10.7. The molecule has 4 aromatic rings. The number of amides is 2. The van der Waals surface area contributed by atoms with Gasteiger partial charge in [0.1, 0.15) is 4.33 Å². The number of anilines is 2. The fourth-order valence-corrected chi connectivity index (χ4v) is 5.74. The molecule has 0 radical (unpaired) electrons. The maximum absolute atomic E-state index is 13.0. The van der Waals surface area contributed by atoms with E-state index in [1.54, 1.807) is 42.6 Å². The Bertz CT molecular complexity index is 1500. The lowest BCUT2D eigenvalue weighted by Gasteiger charge is -2.11. The number of fused-ring (bicyclic) bond motifs is 1. The van der Waals surface area contributed by atoms with Crippen LogP contribution in [0.15, 0.2) is 72.9 Å². The summed E-state index contributed by atoms with van der Waals surface area (Å²) in [7, 11) is 0. The summed E-state index contributed by atoms with van der Waals surface area (Å²) in [4.78, 5) is 30.3. The molecule has 36 heavy (non-hydrogen) atoms. The molecule has 0 unspecified atom stereocenters. The summed E-state index contributed by atoms with van der Waals surface area (Å²) in [6.45, 7) is 0. The number of benzene rings is 3. The Kier molecular flexibility index (Phi) is 6.79. The van der Waals surface area contributed by atoms with Gasteiger partial charge in [0.15, 0.2) is 0 Å². The van der Waals surface area contributed by atoms with Crippen LogP contribution in [0.3, 0.4) is 0 Å². The third-order valence-corrected chi connectivity index (χ3v) is 7.63. The number of carbonyl (C=O) groups excluding carboxylic acids is 2. The normalized spacial score (nSPS) is 18.0. The SMILES string of the molecule is O=C(Nc1ccc2cccnc2c1)c1cc(NC(=O)[C@H]2[C@H](c3cc(Cl)cc(Cl)c3)C2(Cl)Cl)ccc1Cl. The van der Waals surface area contributed by atoms with Gasteiger partial charge in [0.25, 0.3) is 5.91 Å². The van der Waals surface area contributed by atoms with E-state index in [0.717, 1.165) is 10.9 Å². The van der Waals surface area contributed by atoms with Gasteiger partial charge in [0.05, 0.1) is 22.0 Å². The molecular formula is C26H16Cl5N3O2. The highest BCUT2D eigenvalue weighted by molar-refractivity contribution is 6.53. The van der Waals surface area contributed by atoms with E-state index in [2.05, 4.69) is 15.6 Å². The smallest absolute Gasteiger partial charge is 0.257 e. The van der Waals surface area contributed by atoms with Crippen molar-refractivity contribution in [2.24, 2.45) is 5.92 Å². The van der Waals surface area contributed by atoms with Crippen LogP contribution in [0.2, 0.25) is 15.1 Å². The number of pyridine rings is 1. The zero-order chi connectivity index (χ0) is 25.6. The van der Waals surface area contributed by atoms with Crippen LogP contribution in [-0.2, 0) is 4.79 Å². The molecule has 182 valence electrons. The minimum absolute atomic E-state index is 0.188. The Morgan fingerprint density at radius 1 is 0.833 bits per heavy atom. The molecule has 1 aliphatic carbocycles. The number of rotatable bonds is 5. The van der Waals surface area contributed by atoms with E-state index in [1.165, 1.54) is 12.1 Å². The molecule has 0 saturated heterocycles. The molecule has 1 heterocycles. The second-order valence-corrected chi connectivity index (χ2v) is 11.1. The number of nitrogens with zero attached hydrogens (tertiary/aromatic N) is 1. The van der Waals surface area contributed by atoms with E-state index in [4.69, 9.17) is 58.0 Å². The molecule has 0 aliphatic heterocycles. The lowest BCUT2D eigenvalue weighted by molar-refractivity contribution is -0.117. The number of hydrogen-bond donors (Lipinski definition) is 2. The minimum atomic E-state index is -1.32. The van der Waals surface area contributed by atoms with Crippen molar-refractivity contribution < 1.29 is 9.59 Å². The quantitative estimate of drug-likeness (QED) is 0.236. The molecule has 2 atom stereocenters. The first-order valence-corrected chi connectivity index (χ1v) is 12.6. The molecule has 10 heteroatoms. The molecule has 2 amide bonds. The Balaban J connectivity index is 1.33. The van der Waals surface area contributed by atoms with Crippen LogP contribution in [0, 0.1) is 5.92 Å². The summed E-state index contributed by atoms with van der Waals surface area (Å²) in [5.74, 6) is -2.08. The summed E-state index contributed by atoms with van der Waals surface area (Å²) in [6, 6.07) is 18.7. The van der Waals surface area contributed by atoms with Crippen molar-refractivity contribution in [2.75, 3.05) is 10.6 Å². The Hall–Kier alpha value is -2.54. The first kappa shape index (κ1) is 25.1. The molecule has 1 aliphatic rings. The first-order chi connectivity index (χ1) is 17.1. The number of hydrogen-bond acceptors (Lipinski definition) is 3. The van der Waals surface area contributed by atoms with E-state index in [-0.39, 0.29) is 10.6 Å². The maximum atomic E-state index is 13.0. The summed E-state index contributed by atoms with van der Waals surface area (Å²) < 4.78 is -1.32. The molecule has 1 fully saturated rings. The van der Waals surface area contributed by atoms with Crippen molar-refractivity contribution in [1.82, 2.24) is 4.98 Å². The average molecular weight is 580 g/mol. The Morgan fingerprint density at radius 3 is 2.28 bits per heavy atom. The van der Waals surface area contributed by atoms with Gasteiger partial charge in [-0.15, -0.1) is 23.2 Å². The molecule has 5 rings (SSSR count). The molecule has 1 aromatic heterocycles. The third kappa shape index (κ3) is 4.99. The van der Waals surface area contributed by atoms with Gasteiger partial charge < -0.3 is 10.6 Å². The van der Waals surface area contributed by atoms with E-state index < -0.39 is 28.0 Å². The van der Waals surface area contributed by atoms with E-state index in [0.29, 0.717) is 27.0 Å². The van der Waals surface area contributed by atoms with Crippen molar-refractivity contribution >= 4 is 92.1 Å². The maximum Gasteiger partial charge on any atom is 0.257 e. The predicted molar refractivity (Wildman–Crippen MR) is 147 cm³/mol. The van der Waals surface area contributed by atoms with Crippen LogP contribution < -0.4 is 10.6 Å².